The van der Waals surface area contributed by atoms with Crippen LogP contribution in [-0.4, -0.2) is 24.5 Å². The van der Waals surface area contributed by atoms with Crippen LogP contribution >= 0.6 is 0 Å². The quantitative estimate of drug-likeness (QED) is 0.762. The molecule has 0 N–H and O–H groups in total. The zero-order chi connectivity index (χ0) is 11.7. The van der Waals surface area contributed by atoms with Crippen LogP contribution in [0.25, 0.3) is 11.3 Å². The molecule has 1 saturated heterocycles. The highest BCUT2D eigenvalue weighted by Crippen LogP contribution is 2.30. The Morgan fingerprint density at radius 1 is 1.41 bits per heavy atom. The van der Waals surface area contributed by atoms with Crippen molar-refractivity contribution in [3.63, 3.8) is 0 Å². The van der Waals surface area contributed by atoms with E-state index in [9.17, 15) is 4.39 Å². The minimum atomic E-state index is -0.335. The Balaban J connectivity index is 1.89. The summed E-state index contributed by atoms with van der Waals surface area (Å²) < 4.78 is 28.6. The lowest BCUT2D eigenvalue weighted by molar-refractivity contribution is 0.263. The van der Waals surface area contributed by atoms with Crippen molar-refractivity contribution in [3.8, 4) is 17.0 Å². The first-order valence-electron chi connectivity index (χ1n) is 5.27. The molecule has 2 heterocycles. The summed E-state index contributed by atoms with van der Waals surface area (Å²) in [6, 6.07) is 5.98. The largest absolute Gasteiger partial charge is 0.490 e. The van der Waals surface area contributed by atoms with Crippen molar-refractivity contribution in [2.75, 3.05) is 13.2 Å². The van der Waals surface area contributed by atoms with E-state index in [1.807, 2.05) is 0 Å². The summed E-state index contributed by atoms with van der Waals surface area (Å²) in [6.45, 7) is 1.19. The number of nitrogens with zero attached hydrogens (tertiary/aromatic N) is 1. The van der Waals surface area contributed by atoms with Gasteiger partial charge in [-0.05, 0) is 18.2 Å². The molecule has 3 rings (SSSR count). The summed E-state index contributed by atoms with van der Waals surface area (Å²) in [6.07, 6.45) is 1.60. The molecule has 1 aromatic heterocycles. The third kappa shape index (κ3) is 2.29. The molecule has 4 nitrogen and oxygen atoms in total. The zero-order valence-corrected chi connectivity index (χ0v) is 8.93. The first-order chi connectivity index (χ1) is 8.33. The molecule has 5 heteroatoms. The summed E-state index contributed by atoms with van der Waals surface area (Å²) in [5.41, 5.74) is 1.13. The predicted octanol–water partition coefficient (Wildman–Crippen LogP) is 2.26. The zero-order valence-electron chi connectivity index (χ0n) is 8.93. The average molecular weight is 235 g/mol. The van der Waals surface area contributed by atoms with E-state index >= 15 is 0 Å². The molecule has 1 fully saturated rings. The SMILES string of the molecule is Fc1ccc(OC[C@@H]2CO2)c(-c2ccon2)c1. The van der Waals surface area contributed by atoms with Crippen molar-refractivity contribution in [3.05, 3.63) is 36.3 Å². The number of epoxide rings is 1. The fraction of sp³-hybridized carbons (Fsp3) is 0.250. The normalized spacial score (nSPS) is 18.1. The molecule has 0 amide bonds. The highest BCUT2D eigenvalue weighted by atomic mass is 19.1. The lowest BCUT2D eigenvalue weighted by Crippen LogP contribution is -2.05. The number of hydrogen-bond acceptors (Lipinski definition) is 4. The summed E-state index contributed by atoms with van der Waals surface area (Å²) >= 11 is 0. The third-order valence-electron chi connectivity index (χ3n) is 2.48. The van der Waals surface area contributed by atoms with Gasteiger partial charge in [0, 0.05) is 11.6 Å². The second-order valence-electron chi connectivity index (χ2n) is 3.79. The van der Waals surface area contributed by atoms with Crippen molar-refractivity contribution >= 4 is 0 Å². The van der Waals surface area contributed by atoms with Gasteiger partial charge in [0.2, 0.25) is 0 Å². The summed E-state index contributed by atoms with van der Waals surface area (Å²) in [4.78, 5) is 0. The smallest absolute Gasteiger partial charge is 0.129 e. The van der Waals surface area contributed by atoms with E-state index < -0.39 is 0 Å². The van der Waals surface area contributed by atoms with Crippen molar-refractivity contribution in [1.29, 1.82) is 0 Å². The molecular formula is C12H10FNO3. The molecule has 0 aliphatic carbocycles. The number of aromatic nitrogens is 1. The fourth-order valence-corrected chi connectivity index (χ4v) is 1.53. The summed E-state index contributed by atoms with van der Waals surface area (Å²) in [7, 11) is 0. The monoisotopic (exact) mass is 235 g/mol. The van der Waals surface area contributed by atoms with E-state index in [1.165, 1.54) is 18.4 Å². The number of hydrogen-bond donors (Lipinski definition) is 0. The Labute approximate surface area is 96.9 Å². The van der Waals surface area contributed by atoms with Crippen LogP contribution in [0.4, 0.5) is 4.39 Å². The maximum Gasteiger partial charge on any atom is 0.129 e. The predicted molar refractivity (Wildman–Crippen MR) is 57.1 cm³/mol. The maximum atomic E-state index is 13.2. The van der Waals surface area contributed by atoms with Gasteiger partial charge in [-0.15, -0.1) is 0 Å². The topological polar surface area (TPSA) is 47.8 Å². The molecule has 1 aliphatic heterocycles. The van der Waals surface area contributed by atoms with Gasteiger partial charge in [0.1, 0.15) is 36.2 Å². The molecule has 17 heavy (non-hydrogen) atoms. The van der Waals surface area contributed by atoms with Gasteiger partial charge in [0.05, 0.1) is 6.61 Å². The van der Waals surface area contributed by atoms with Crippen LogP contribution in [0.15, 0.2) is 35.1 Å². The number of halogens is 1. The minimum Gasteiger partial charge on any atom is -0.490 e. The van der Waals surface area contributed by atoms with Crippen molar-refractivity contribution in [1.82, 2.24) is 5.16 Å². The molecular weight excluding hydrogens is 225 g/mol. The molecule has 1 aliphatic rings. The fourth-order valence-electron chi connectivity index (χ4n) is 1.53. The molecule has 1 aromatic carbocycles. The van der Waals surface area contributed by atoms with Crippen LogP contribution in [0.5, 0.6) is 5.75 Å². The van der Waals surface area contributed by atoms with Crippen molar-refractivity contribution < 1.29 is 18.4 Å². The maximum absolute atomic E-state index is 13.2. The Kier molecular flexibility index (Phi) is 2.53. The Morgan fingerprint density at radius 2 is 2.29 bits per heavy atom. The van der Waals surface area contributed by atoms with E-state index in [0.29, 0.717) is 23.6 Å². The summed E-state index contributed by atoms with van der Waals surface area (Å²) in [5.74, 6) is 0.244. The number of rotatable bonds is 4. The highest BCUT2D eigenvalue weighted by Gasteiger charge is 2.23. The van der Waals surface area contributed by atoms with Gasteiger partial charge >= 0.3 is 0 Å². The first-order valence-corrected chi connectivity index (χ1v) is 5.27. The highest BCUT2D eigenvalue weighted by molar-refractivity contribution is 5.66. The van der Waals surface area contributed by atoms with E-state index in [1.54, 1.807) is 12.1 Å². The lowest BCUT2D eigenvalue weighted by atomic mass is 10.1. The molecule has 0 spiro atoms. The lowest BCUT2D eigenvalue weighted by Gasteiger charge is -2.08. The standard InChI is InChI=1S/C12H10FNO3/c13-8-1-2-12(16-7-9-6-15-9)10(5-8)11-3-4-17-14-11/h1-5,9H,6-7H2/t9-/m0/s1. The van der Waals surface area contributed by atoms with Gasteiger partial charge in [0.15, 0.2) is 0 Å². The average Bonchev–Trinajstić information content (AvgIpc) is 3.00. The molecule has 1 atom stereocenters. The summed E-state index contributed by atoms with van der Waals surface area (Å²) in [5, 5.41) is 3.78. The van der Waals surface area contributed by atoms with Crippen LogP contribution in [0, 0.1) is 5.82 Å². The van der Waals surface area contributed by atoms with E-state index in [-0.39, 0.29) is 11.9 Å². The molecule has 0 saturated carbocycles. The van der Waals surface area contributed by atoms with E-state index in [4.69, 9.17) is 14.0 Å². The second kappa shape index (κ2) is 4.18. The Bertz CT molecular complexity index is 508. The van der Waals surface area contributed by atoms with Crippen LogP contribution < -0.4 is 4.74 Å². The van der Waals surface area contributed by atoms with E-state index in [0.717, 1.165) is 6.61 Å². The Hall–Kier alpha value is -1.88. The minimum absolute atomic E-state index is 0.158. The molecule has 88 valence electrons. The first kappa shape index (κ1) is 10.3. The van der Waals surface area contributed by atoms with Gasteiger partial charge in [-0.3, -0.25) is 0 Å². The van der Waals surface area contributed by atoms with Crippen molar-refractivity contribution in [2.45, 2.75) is 6.10 Å². The van der Waals surface area contributed by atoms with Crippen LogP contribution in [0.2, 0.25) is 0 Å². The third-order valence-corrected chi connectivity index (χ3v) is 2.48. The molecule has 0 unspecified atom stereocenters. The molecule has 2 aromatic rings. The Morgan fingerprint density at radius 3 is 3.00 bits per heavy atom. The van der Waals surface area contributed by atoms with Gasteiger partial charge in [-0.2, -0.15) is 0 Å². The van der Waals surface area contributed by atoms with Crippen LogP contribution in [-0.2, 0) is 4.74 Å². The molecule has 0 bridgehead atoms. The van der Waals surface area contributed by atoms with Gasteiger partial charge in [-0.1, -0.05) is 5.16 Å². The van der Waals surface area contributed by atoms with Gasteiger partial charge in [-0.25, -0.2) is 4.39 Å². The van der Waals surface area contributed by atoms with E-state index in [2.05, 4.69) is 5.16 Å². The number of benzene rings is 1. The van der Waals surface area contributed by atoms with Gasteiger partial charge < -0.3 is 14.0 Å². The molecule has 0 radical (unpaired) electrons. The second-order valence-corrected chi connectivity index (χ2v) is 3.79. The number of ether oxygens (including phenoxy) is 2. The van der Waals surface area contributed by atoms with Crippen LogP contribution in [0.1, 0.15) is 0 Å². The van der Waals surface area contributed by atoms with Crippen LogP contribution in [0.3, 0.4) is 0 Å². The van der Waals surface area contributed by atoms with Gasteiger partial charge in [0.25, 0.3) is 0 Å². The van der Waals surface area contributed by atoms with Crippen molar-refractivity contribution in [2.24, 2.45) is 0 Å².